The summed E-state index contributed by atoms with van der Waals surface area (Å²) in [6, 6.07) is 18.2. The lowest BCUT2D eigenvalue weighted by molar-refractivity contribution is 0.0706. The molecule has 2 heterocycles. The first-order chi connectivity index (χ1) is 19.7. The molecule has 11 heteroatoms. The fourth-order valence-corrected chi connectivity index (χ4v) is 5.21. The number of Topliss-reactive ketones (excluding diaryl/α,β-unsaturated/α-hetero) is 1. The van der Waals surface area contributed by atoms with Crippen LogP contribution in [-0.2, 0) is 19.5 Å². The number of halogens is 2. The van der Waals surface area contributed by atoms with Crippen molar-refractivity contribution in [3.8, 4) is 11.4 Å². The van der Waals surface area contributed by atoms with Crippen LogP contribution in [0.5, 0.6) is 5.75 Å². The molecular formula is C30H26Cl2N4O5. The summed E-state index contributed by atoms with van der Waals surface area (Å²) in [4.78, 5) is 53.8. The Morgan fingerprint density at radius 2 is 1.59 bits per heavy atom. The minimum Gasteiger partial charge on any atom is -0.497 e. The molecule has 9 nitrogen and oxygen atoms in total. The number of benzene rings is 3. The number of ketones is 1. The van der Waals surface area contributed by atoms with Crippen LogP contribution >= 0.6 is 23.2 Å². The second-order valence-corrected chi connectivity index (χ2v) is 10.4. The molecule has 0 atom stereocenters. The molecule has 1 aliphatic rings. The standard InChI is InChI=1S/C30H26Cl2N4O5/c1-41-22-10-8-21(9-11-22)36-27(26(37)13-4-18-2-5-19(6-3-18)28(33)38)25-17-34(14-15-35(25)30(36)40)29(39)20-7-12-23(31)24(32)16-20/h2-3,5-12,16H,4,13-15,17H2,1H3,(H2,33,38). The van der Waals surface area contributed by atoms with Crippen LogP contribution in [0.4, 0.5) is 0 Å². The summed E-state index contributed by atoms with van der Waals surface area (Å²) >= 11 is 12.2. The minimum absolute atomic E-state index is 0.0614. The Balaban J connectivity index is 1.51. The summed E-state index contributed by atoms with van der Waals surface area (Å²) in [6.07, 6.45) is 0.481. The van der Waals surface area contributed by atoms with Crippen LogP contribution in [0.1, 0.15) is 48.9 Å². The van der Waals surface area contributed by atoms with Crippen molar-refractivity contribution in [2.24, 2.45) is 5.73 Å². The van der Waals surface area contributed by atoms with E-state index in [1.165, 1.54) is 10.6 Å². The SMILES string of the molecule is COc1ccc(-n2c(C(=O)CCc3ccc(C(N)=O)cc3)c3n(c2=O)CCN(C(=O)c2ccc(Cl)c(Cl)c2)C3)cc1. The van der Waals surface area contributed by atoms with E-state index < -0.39 is 5.91 Å². The van der Waals surface area contributed by atoms with E-state index in [2.05, 4.69) is 0 Å². The number of fused-ring (bicyclic) bond motifs is 1. The first-order valence-corrected chi connectivity index (χ1v) is 13.6. The summed E-state index contributed by atoms with van der Waals surface area (Å²) in [6.45, 7) is 0.559. The predicted octanol–water partition coefficient (Wildman–Crippen LogP) is 4.52. The van der Waals surface area contributed by atoms with Crippen LogP contribution in [0.2, 0.25) is 10.0 Å². The second-order valence-electron chi connectivity index (χ2n) is 9.60. The Hall–Kier alpha value is -4.34. The van der Waals surface area contributed by atoms with Gasteiger partial charge in [0.1, 0.15) is 11.4 Å². The van der Waals surface area contributed by atoms with Crippen molar-refractivity contribution in [1.29, 1.82) is 0 Å². The number of hydrogen-bond acceptors (Lipinski definition) is 5. The Labute approximate surface area is 245 Å². The summed E-state index contributed by atoms with van der Waals surface area (Å²) in [5.41, 5.74) is 7.73. The van der Waals surface area contributed by atoms with Gasteiger partial charge in [-0.1, -0.05) is 35.3 Å². The fourth-order valence-electron chi connectivity index (χ4n) is 4.91. The van der Waals surface area contributed by atoms with E-state index in [1.54, 1.807) is 77.2 Å². The predicted molar refractivity (Wildman–Crippen MR) is 155 cm³/mol. The molecule has 210 valence electrons. The molecule has 5 rings (SSSR count). The minimum atomic E-state index is -0.531. The molecule has 1 aliphatic heterocycles. The van der Waals surface area contributed by atoms with Crippen LogP contribution in [0, 0.1) is 0 Å². The highest BCUT2D eigenvalue weighted by atomic mass is 35.5. The van der Waals surface area contributed by atoms with E-state index in [9.17, 15) is 19.2 Å². The van der Waals surface area contributed by atoms with Crippen molar-refractivity contribution in [3.05, 3.63) is 115 Å². The lowest BCUT2D eigenvalue weighted by atomic mass is 10.0. The molecule has 2 amide bonds. The molecule has 0 saturated heterocycles. The molecular weight excluding hydrogens is 567 g/mol. The molecule has 0 bridgehead atoms. The number of carbonyl (C=O) groups is 3. The van der Waals surface area contributed by atoms with Crippen molar-refractivity contribution in [1.82, 2.24) is 14.0 Å². The zero-order valence-corrected chi connectivity index (χ0v) is 23.6. The van der Waals surface area contributed by atoms with E-state index in [0.717, 1.165) is 5.56 Å². The second kappa shape index (κ2) is 11.6. The third-order valence-electron chi connectivity index (χ3n) is 7.11. The maximum atomic E-state index is 13.8. The number of rotatable bonds is 8. The highest BCUT2D eigenvalue weighted by Gasteiger charge is 2.32. The highest BCUT2D eigenvalue weighted by Crippen LogP contribution is 2.26. The molecule has 0 unspecified atom stereocenters. The third-order valence-corrected chi connectivity index (χ3v) is 7.85. The van der Waals surface area contributed by atoms with Crippen molar-refractivity contribution in [2.75, 3.05) is 13.7 Å². The Morgan fingerprint density at radius 3 is 2.22 bits per heavy atom. The van der Waals surface area contributed by atoms with Gasteiger partial charge in [-0.2, -0.15) is 0 Å². The molecule has 0 radical (unpaired) electrons. The van der Waals surface area contributed by atoms with Crippen LogP contribution in [-0.4, -0.2) is 45.3 Å². The quantitative estimate of drug-likeness (QED) is 0.302. The summed E-state index contributed by atoms with van der Waals surface area (Å²) in [5, 5.41) is 0.598. The van der Waals surface area contributed by atoms with Crippen molar-refractivity contribution >= 4 is 40.8 Å². The van der Waals surface area contributed by atoms with E-state index in [-0.39, 0.29) is 54.2 Å². The number of primary amides is 1. The monoisotopic (exact) mass is 592 g/mol. The van der Waals surface area contributed by atoms with Crippen molar-refractivity contribution in [3.63, 3.8) is 0 Å². The van der Waals surface area contributed by atoms with Crippen LogP contribution < -0.4 is 16.2 Å². The molecule has 0 aliphatic carbocycles. The maximum absolute atomic E-state index is 13.8. The molecule has 3 aromatic carbocycles. The summed E-state index contributed by atoms with van der Waals surface area (Å²) in [7, 11) is 1.54. The number of amides is 2. The molecule has 0 saturated carbocycles. The fraction of sp³-hybridized carbons (Fsp3) is 0.200. The molecule has 0 fully saturated rings. The Bertz CT molecular complexity index is 1710. The normalized spacial score (nSPS) is 12.6. The molecule has 0 spiro atoms. The zero-order chi connectivity index (χ0) is 29.3. The average Bonchev–Trinajstić information content (AvgIpc) is 3.28. The van der Waals surface area contributed by atoms with Crippen LogP contribution in [0.15, 0.2) is 71.5 Å². The van der Waals surface area contributed by atoms with Gasteiger partial charge in [-0.25, -0.2) is 4.79 Å². The summed E-state index contributed by atoms with van der Waals surface area (Å²) < 4.78 is 8.21. The van der Waals surface area contributed by atoms with Crippen molar-refractivity contribution < 1.29 is 19.1 Å². The van der Waals surface area contributed by atoms with Gasteiger partial charge < -0.3 is 15.4 Å². The lowest BCUT2D eigenvalue weighted by Gasteiger charge is -2.28. The van der Waals surface area contributed by atoms with E-state index in [4.69, 9.17) is 33.7 Å². The molecule has 2 N–H and O–H groups in total. The number of nitrogens with two attached hydrogens (primary N) is 1. The first-order valence-electron chi connectivity index (χ1n) is 12.8. The van der Waals surface area contributed by atoms with Gasteiger partial charge in [0, 0.05) is 30.6 Å². The largest absolute Gasteiger partial charge is 0.497 e. The maximum Gasteiger partial charge on any atom is 0.333 e. The summed E-state index contributed by atoms with van der Waals surface area (Å²) in [5.74, 6) is -0.463. The topological polar surface area (TPSA) is 117 Å². The lowest BCUT2D eigenvalue weighted by Crippen LogP contribution is -2.41. The van der Waals surface area contributed by atoms with Gasteiger partial charge >= 0.3 is 5.69 Å². The number of imidazole rings is 1. The molecule has 41 heavy (non-hydrogen) atoms. The number of methoxy groups -OCH3 is 1. The molecule has 1 aromatic heterocycles. The molecule has 4 aromatic rings. The number of aryl methyl sites for hydroxylation is 1. The van der Waals surface area contributed by atoms with Crippen molar-refractivity contribution in [2.45, 2.75) is 25.9 Å². The number of nitrogens with zero attached hydrogens (tertiary/aromatic N) is 3. The van der Waals surface area contributed by atoms with E-state index in [1.807, 2.05) is 0 Å². The third kappa shape index (κ3) is 5.64. The van der Waals surface area contributed by atoms with Gasteiger partial charge in [-0.3, -0.25) is 23.5 Å². The average molecular weight is 593 g/mol. The number of hydrogen-bond donors (Lipinski definition) is 1. The van der Waals surface area contributed by atoms with Gasteiger partial charge in [0.2, 0.25) is 5.91 Å². The Morgan fingerprint density at radius 1 is 0.902 bits per heavy atom. The highest BCUT2D eigenvalue weighted by molar-refractivity contribution is 6.42. The van der Waals surface area contributed by atoms with Gasteiger partial charge in [-0.05, 0) is 66.6 Å². The smallest absolute Gasteiger partial charge is 0.333 e. The van der Waals surface area contributed by atoms with E-state index in [0.29, 0.717) is 39.7 Å². The number of carbonyl (C=O) groups excluding carboxylic acids is 3. The van der Waals surface area contributed by atoms with Gasteiger partial charge in [-0.15, -0.1) is 0 Å². The van der Waals surface area contributed by atoms with Crippen LogP contribution in [0.25, 0.3) is 5.69 Å². The zero-order valence-electron chi connectivity index (χ0n) is 22.1. The van der Waals surface area contributed by atoms with Crippen LogP contribution in [0.3, 0.4) is 0 Å². The van der Waals surface area contributed by atoms with Gasteiger partial charge in [0.15, 0.2) is 5.78 Å². The number of aromatic nitrogens is 2. The van der Waals surface area contributed by atoms with Gasteiger partial charge in [0.25, 0.3) is 5.91 Å². The van der Waals surface area contributed by atoms with Gasteiger partial charge in [0.05, 0.1) is 35.1 Å². The first kappa shape index (κ1) is 28.2. The number of ether oxygens (including phenoxy) is 1. The van der Waals surface area contributed by atoms with E-state index >= 15 is 0 Å². The Kier molecular flexibility index (Phi) is 8.01.